The van der Waals surface area contributed by atoms with Crippen LogP contribution in [0, 0.1) is 0 Å². The molecule has 0 fully saturated rings. The molecule has 0 saturated heterocycles. The van der Waals surface area contributed by atoms with Gasteiger partial charge in [-0.25, -0.2) is 9.97 Å². The van der Waals surface area contributed by atoms with E-state index in [4.69, 9.17) is 19.9 Å². The number of fused-ring (bicyclic) bond motifs is 34. The summed E-state index contributed by atoms with van der Waals surface area (Å²) in [6, 6.07) is 103. The predicted octanol–water partition coefficient (Wildman–Crippen LogP) is 22.6. The minimum atomic E-state index is 0.787. The van der Waals surface area contributed by atoms with Crippen LogP contribution in [0.3, 0.4) is 0 Å². The van der Waals surface area contributed by atoms with E-state index >= 15 is 0 Å². The van der Waals surface area contributed by atoms with Crippen molar-refractivity contribution in [2.45, 2.75) is 0 Å². The van der Waals surface area contributed by atoms with E-state index < -0.39 is 0 Å². The zero-order valence-electron chi connectivity index (χ0n) is 53.2. The second kappa shape index (κ2) is 18.2. The third-order valence-corrected chi connectivity index (χ3v) is 22.4. The molecule has 25 rings (SSSR count). The van der Waals surface area contributed by atoms with Gasteiger partial charge in [-0.05, 0) is 133 Å². The summed E-state index contributed by atoms with van der Waals surface area (Å²) in [6.45, 7) is 0. The molecular formula is C90H48N10. The third-order valence-electron chi connectivity index (χ3n) is 22.4. The van der Waals surface area contributed by atoms with E-state index in [0.717, 1.165) is 165 Å². The largest absolute Gasteiger partial charge is 0.309 e. The molecule has 0 bridgehead atoms. The number of hydrogen-bond acceptors (Lipinski definition) is 4. The molecule has 0 aliphatic heterocycles. The summed E-state index contributed by atoms with van der Waals surface area (Å²) >= 11 is 0. The Balaban J connectivity index is 0.929. The Hall–Kier alpha value is -13.7. The van der Waals surface area contributed by atoms with E-state index in [1.54, 1.807) is 0 Å². The van der Waals surface area contributed by atoms with E-state index in [2.05, 4.69) is 294 Å². The van der Waals surface area contributed by atoms with Gasteiger partial charge in [0, 0.05) is 132 Å². The summed E-state index contributed by atoms with van der Waals surface area (Å²) in [4.78, 5) is 22.5. The van der Waals surface area contributed by atoms with Crippen LogP contribution in [0.25, 0.3) is 230 Å². The van der Waals surface area contributed by atoms with Gasteiger partial charge < -0.3 is 27.1 Å². The molecule has 458 valence electrons. The smallest absolute Gasteiger partial charge is 0.100 e. The summed E-state index contributed by atoms with van der Waals surface area (Å²) in [5.74, 6) is 0. The standard InChI is InChI=1S/C90H48N10/c1-9-29-69-53(19-1)54-20-2-10-30-70(54)95(69)49-37-39-77-63(43-49)65-45-51(97-73-33-13-5-23-57(73)58-24-6-14-34-74(58)97)47-67-79-85-86(94-84-62-28-18-42-92-82(62)81-61(83(84)93-85)27-17-41-91-81)80-68-48-52(98-75-35-15-7-25-59(75)60-26-8-16-36-76(60)98)46-66-64-44-50(96-71-31-11-3-21-55(71)56-22-4-12-32-72(56)96)38-40-78(64)100(88(66)68)90(80)89(79)99(77)87(65)67/h1-48H. The molecule has 14 aromatic carbocycles. The summed E-state index contributed by atoms with van der Waals surface area (Å²) < 4.78 is 15.1. The summed E-state index contributed by atoms with van der Waals surface area (Å²) in [5, 5.41) is 20.4. The van der Waals surface area contributed by atoms with E-state index in [1.807, 2.05) is 24.5 Å². The van der Waals surface area contributed by atoms with Gasteiger partial charge in [0.25, 0.3) is 0 Å². The van der Waals surface area contributed by atoms with Gasteiger partial charge >= 0.3 is 0 Å². The number of pyridine rings is 2. The van der Waals surface area contributed by atoms with Crippen molar-refractivity contribution in [2.24, 2.45) is 0 Å². The number of benzene rings is 14. The first kappa shape index (κ1) is 51.6. The summed E-state index contributed by atoms with van der Waals surface area (Å²) in [6.07, 6.45) is 3.73. The van der Waals surface area contributed by atoms with Crippen molar-refractivity contribution >= 4 is 207 Å². The maximum absolute atomic E-state index is 6.18. The first-order valence-corrected chi connectivity index (χ1v) is 34.2. The highest BCUT2D eigenvalue weighted by molar-refractivity contribution is 6.41. The van der Waals surface area contributed by atoms with Crippen molar-refractivity contribution < 1.29 is 0 Å². The average Bonchev–Trinajstić information content (AvgIpc) is 1.48. The molecule has 0 aliphatic rings. The normalized spacial score (nSPS) is 12.8. The molecule has 10 heteroatoms. The average molecular weight is 1270 g/mol. The Kier molecular flexibility index (Phi) is 9.41. The molecule has 0 saturated carbocycles. The molecule has 11 aromatic heterocycles. The second-order valence-electron chi connectivity index (χ2n) is 27.2. The zero-order chi connectivity index (χ0) is 64.5. The third kappa shape index (κ3) is 6.23. The lowest BCUT2D eigenvalue weighted by atomic mass is 10.00. The number of rotatable bonds is 4. The van der Waals surface area contributed by atoms with E-state index in [1.165, 1.54) is 65.2 Å². The topological polar surface area (TPSA) is 80.1 Å². The molecule has 0 radical (unpaired) electrons. The van der Waals surface area contributed by atoms with Gasteiger partial charge in [-0.3, -0.25) is 9.97 Å². The van der Waals surface area contributed by atoms with Gasteiger partial charge in [0.1, 0.15) is 11.0 Å². The van der Waals surface area contributed by atoms with E-state index in [0.29, 0.717) is 0 Å². The lowest BCUT2D eigenvalue weighted by molar-refractivity contribution is 1.18. The Morgan fingerprint density at radius 3 is 0.770 bits per heavy atom. The SMILES string of the molecule is c1cnc2c(c1)c1nc3c(nc1c1cccnc12)c1c2cc(-n4c5ccccc5c5ccccc54)cc4c5cc(-n6c7ccccc7c7ccccc76)ccc5n(c42)c1c1c3c2cc(-n3c4ccccc4c4ccccc43)cc3c4cc(-n5c6ccccc6c6ccccc65)ccc4n1c32. The minimum Gasteiger partial charge on any atom is -0.309 e. The first-order valence-electron chi connectivity index (χ1n) is 34.2. The van der Waals surface area contributed by atoms with Gasteiger partial charge in [-0.15, -0.1) is 0 Å². The van der Waals surface area contributed by atoms with Gasteiger partial charge in [-0.1, -0.05) is 146 Å². The molecule has 0 aliphatic carbocycles. The second-order valence-corrected chi connectivity index (χ2v) is 27.2. The molecule has 10 nitrogen and oxygen atoms in total. The van der Waals surface area contributed by atoms with Gasteiger partial charge in [0.2, 0.25) is 0 Å². The highest BCUT2D eigenvalue weighted by Crippen LogP contribution is 2.53. The highest BCUT2D eigenvalue weighted by atomic mass is 15.0. The van der Waals surface area contributed by atoms with Crippen LogP contribution in [0.4, 0.5) is 0 Å². The maximum atomic E-state index is 6.18. The van der Waals surface area contributed by atoms with Crippen molar-refractivity contribution in [3.63, 3.8) is 0 Å². The molecule has 0 amide bonds. The van der Waals surface area contributed by atoms with Crippen molar-refractivity contribution in [2.75, 3.05) is 0 Å². The van der Waals surface area contributed by atoms with E-state index in [9.17, 15) is 0 Å². The lowest BCUT2D eigenvalue weighted by Crippen LogP contribution is -1.97. The Morgan fingerprint density at radius 1 is 0.180 bits per heavy atom. The molecule has 100 heavy (non-hydrogen) atoms. The van der Waals surface area contributed by atoms with E-state index in [-0.39, 0.29) is 0 Å². The lowest BCUT2D eigenvalue weighted by Gasteiger charge is -2.13. The van der Waals surface area contributed by atoms with Gasteiger partial charge in [0.05, 0.1) is 99.3 Å². The van der Waals surface area contributed by atoms with Crippen molar-refractivity contribution in [3.05, 3.63) is 291 Å². The van der Waals surface area contributed by atoms with Crippen LogP contribution in [-0.4, -0.2) is 47.0 Å². The number of hydrogen-bond donors (Lipinski definition) is 0. The van der Waals surface area contributed by atoms with Crippen LogP contribution < -0.4 is 0 Å². The first-order chi connectivity index (χ1) is 49.7. The number of para-hydroxylation sites is 8. The fourth-order valence-corrected chi connectivity index (χ4v) is 18.6. The van der Waals surface area contributed by atoms with Crippen LogP contribution in [0.2, 0.25) is 0 Å². The zero-order valence-corrected chi connectivity index (χ0v) is 53.2. The van der Waals surface area contributed by atoms with Crippen LogP contribution in [0.5, 0.6) is 0 Å². The molecule has 25 aromatic rings. The monoisotopic (exact) mass is 1270 g/mol. The van der Waals surface area contributed by atoms with Gasteiger partial charge in [0.15, 0.2) is 0 Å². The predicted molar refractivity (Wildman–Crippen MR) is 414 cm³/mol. The Labute approximate surface area is 565 Å². The molecular weight excluding hydrogens is 1220 g/mol. The number of nitrogens with zero attached hydrogens (tertiary/aromatic N) is 10. The van der Waals surface area contributed by atoms with Crippen LogP contribution >= 0.6 is 0 Å². The molecule has 0 spiro atoms. The molecule has 0 unspecified atom stereocenters. The Morgan fingerprint density at radius 2 is 0.450 bits per heavy atom. The minimum absolute atomic E-state index is 0.787. The summed E-state index contributed by atoms with van der Waals surface area (Å²) in [5.41, 5.74) is 25.0. The van der Waals surface area contributed by atoms with Crippen molar-refractivity contribution in [1.82, 2.24) is 47.0 Å². The van der Waals surface area contributed by atoms with Crippen LogP contribution in [0.1, 0.15) is 0 Å². The van der Waals surface area contributed by atoms with Crippen LogP contribution in [0.15, 0.2) is 291 Å². The fourth-order valence-electron chi connectivity index (χ4n) is 18.6. The fraction of sp³-hybridized carbons (Fsp3) is 0. The van der Waals surface area contributed by atoms with Crippen LogP contribution in [-0.2, 0) is 0 Å². The summed E-state index contributed by atoms with van der Waals surface area (Å²) in [7, 11) is 0. The molecule has 11 heterocycles. The van der Waals surface area contributed by atoms with Gasteiger partial charge in [-0.2, -0.15) is 0 Å². The molecule has 0 N–H and O–H groups in total. The number of aromatic nitrogens is 10. The molecule has 0 atom stereocenters. The maximum Gasteiger partial charge on any atom is 0.100 e. The van der Waals surface area contributed by atoms with Crippen molar-refractivity contribution in [1.29, 1.82) is 0 Å². The Bertz CT molecular complexity index is 7360. The quantitative estimate of drug-likeness (QED) is 0.130. The van der Waals surface area contributed by atoms with Crippen molar-refractivity contribution in [3.8, 4) is 22.7 Å². The highest BCUT2D eigenvalue weighted by Gasteiger charge is 2.32.